The Bertz CT molecular complexity index is 320. The van der Waals surface area contributed by atoms with Gasteiger partial charge in [0.05, 0.1) is 7.11 Å². The number of halogens is 1. The highest BCUT2D eigenvalue weighted by Crippen LogP contribution is 2.54. The zero-order chi connectivity index (χ0) is 10.2. The highest BCUT2D eigenvalue weighted by Gasteiger charge is 2.50. The minimum Gasteiger partial charge on any atom is -0.497 e. The first-order valence-electron chi connectivity index (χ1n) is 4.91. The Labute approximate surface area is 93.6 Å². The lowest BCUT2D eigenvalue weighted by atomic mass is 9.96. The highest BCUT2D eigenvalue weighted by molar-refractivity contribution is 9.09. The van der Waals surface area contributed by atoms with Gasteiger partial charge in [-0.2, -0.15) is 0 Å². The van der Waals surface area contributed by atoms with Crippen molar-refractivity contribution in [2.24, 2.45) is 5.92 Å². The molecule has 1 nitrogen and oxygen atoms in total. The Balaban J connectivity index is 2.18. The lowest BCUT2D eigenvalue weighted by molar-refractivity contribution is 0.414. The predicted octanol–water partition coefficient (Wildman–Crippen LogP) is 3.37. The molecular formula is C12H15BrO. The van der Waals surface area contributed by atoms with E-state index < -0.39 is 0 Å². The highest BCUT2D eigenvalue weighted by atomic mass is 79.9. The minimum absolute atomic E-state index is 0.399. The van der Waals surface area contributed by atoms with Crippen molar-refractivity contribution in [2.45, 2.75) is 18.8 Å². The van der Waals surface area contributed by atoms with Crippen LogP contribution in [0.25, 0.3) is 0 Å². The van der Waals surface area contributed by atoms with E-state index in [1.54, 1.807) is 7.11 Å². The van der Waals surface area contributed by atoms with Crippen LogP contribution in [0.4, 0.5) is 0 Å². The second-order valence-electron chi connectivity index (χ2n) is 4.20. The van der Waals surface area contributed by atoms with E-state index >= 15 is 0 Å². The van der Waals surface area contributed by atoms with Crippen molar-refractivity contribution in [3.8, 4) is 5.75 Å². The molecule has 0 N–H and O–H groups in total. The van der Waals surface area contributed by atoms with Gasteiger partial charge in [0.1, 0.15) is 5.75 Å². The molecule has 0 radical (unpaired) electrons. The van der Waals surface area contributed by atoms with Gasteiger partial charge < -0.3 is 4.74 Å². The molecule has 0 amide bonds. The van der Waals surface area contributed by atoms with Gasteiger partial charge in [-0.1, -0.05) is 35.0 Å². The summed E-state index contributed by atoms with van der Waals surface area (Å²) in [5.74, 6) is 1.74. The molecule has 14 heavy (non-hydrogen) atoms. The van der Waals surface area contributed by atoms with Crippen molar-refractivity contribution in [1.29, 1.82) is 0 Å². The molecule has 0 spiro atoms. The summed E-state index contributed by atoms with van der Waals surface area (Å²) in [5, 5.41) is 1.11. The maximum absolute atomic E-state index is 5.15. The smallest absolute Gasteiger partial charge is 0.118 e. The SMILES string of the molecule is COc1ccc(C2(C)CC2CBr)cc1. The van der Waals surface area contributed by atoms with Crippen LogP contribution in [-0.2, 0) is 5.41 Å². The van der Waals surface area contributed by atoms with Crippen LogP contribution < -0.4 is 4.74 Å². The fourth-order valence-electron chi connectivity index (χ4n) is 2.00. The van der Waals surface area contributed by atoms with Crippen LogP contribution in [0.15, 0.2) is 24.3 Å². The Kier molecular flexibility index (Phi) is 2.56. The second-order valence-corrected chi connectivity index (χ2v) is 4.85. The predicted molar refractivity (Wildman–Crippen MR) is 62.2 cm³/mol. The zero-order valence-corrected chi connectivity index (χ0v) is 10.2. The Hall–Kier alpha value is -0.500. The molecule has 1 aromatic carbocycles. The molecule has 2 atom stereocenters. The number of rotatable bonds is 3. The summed E-state index contributed by atoms with van der Waals surface area (Å²) in [4.78, 5) is 0. The summed E-state index contributed by atoms with van der Waals surface area (Å²) in [6, 6.07) is 8.46. The fourth-order valence-corrected chi connectivity index (χ4v) is 2.95. The first-order valence-corrected chi connectivity index (χ1v) is 6.03. The van der Waals surface area contributed by atoms with Crippen LogP contribution in [-0.4, -0.2) is 12.4 Å². The number of benzene rings is 1. The molecular weight excluding hydrogens is 240 g/mol. The first-order chi connectivity index (χ1) is 6.70. The topological polar surface area (TPSA) is 9.23 Å². The van der Waals surface area contributed by atoms with E-state index in [1.165, 1.54) is 12.0 Å². The zero-order valence-electron chi connectivity index (χ0n) is 8.59. The molecule has 1 saturated carbocycles. The lowest BCUT2D eigenvalue weighted by Crippen LogP contribution is -2.04. The first kappa shape index (κ1) is 10.0. The third-order valence-corrected chi connectivity index (χ3v) is 4.13. The molecule has 1 aliphatic carbocycles. The second kappa shape index (κ2) is 3.58. The van der Waals surface area contributed by atoms with Gasteiger partial charge in [-0.05, 0) is 35.4 Å². The van der Waals surface area contributed by atoms with E-state index in [4.69, 9.17) is 4.74 Å². The molecule has 1 aromatic rings. The quantitative estimate of drug-likeness (QED) is 0.752. The summed E-state index contributed by atoms with van der Waals surface area (Å²) < 4.78 is 5.15. The molecule has 2 unspecified atom stereocenters. The maximum atomic E-state index is 5.15. The molecule has 0 bridgehead atoms. The third-order valence-electron chi connectivity index (χ3n) is 3.35. The molecule has 0 aromatic heterocycles. The van der Waals surface area contributed by atoms with Crippen molar-refractivity contribution in [3.05, 3.63) is 29.8 Å². The third kappa shape index (κ3) is 1.56. The van der Waals surface area contributed by atoms with Crippen LogP contribution in [0, 0.1) is 5.92 Å². The molecule has 1 aliphatic rings. The number of alkyl halides is 1. The summed E-state index contributed by atoms with van der Waals surface area (Å²) in [6.07, 6.45) is 1.30. The van der Waals surface area contributed by atoms with E-state index in [0.717, 1.165) is 17.0 Å². The van der Waals surface area contributed by atoms with Gasteiger partial charge in [0.2, 0.25) is 0 Å². The number of methoxy groups -OCH3 is 1. The number of ether oxygens (including phenoxy) is 1. The Morgan fingerprint density at radius 2 is 2.07 bits per heavy atom. The fraction of sp³-hybridized carbons (Fsp3) is 0.500. The van der Waals surface area contributed by atoms with E-state index in [9.17, 15) is 0 Å². The van der Waals surface area contributed by atoms with E-state index in [1.807, 2.05) is 12.1 Å². The van der Waals surface area contributed by atoms with Gasteiger partial charge in [-0.25, -0.2) is 0 Å². The van der Waals surface area contributed by atoms with Crippen LogP contribution in [0.5, 0.6) is 5.75 Å². The van der Waals surface area contributed by atoms with Gasteiger partial charge in [-0.15, -0.1) is 0 Å². The summed E-state index contributed by atoms with van der Waals surface area (Å²) in [6.45, 7) is 2.33. The lowest BCUT2D eigenvalue weighted by Gasteiger charge is -2.11. The molecule has 2 heteroatoms. The maximum Gasteiger partial charge on any atom is 0.118 e. The minimum atomic E-state index is 0.399. The van der Waals surface area contributed by atoms with E-state index in [-0.39, 0.29) is 0 Å². The number of hydrogen-bond acceptors (Lipinski definition) is 1. The van der Waals surface area contributed by atoms with Crippen LogP contribution >= 0.6 is 15.9 Å². The van der Waals surface area contributed by atoms with Crippen molar-refractivity contribution in [1.82, 2.24) is 0 Å². The van der Waals surface area contributed by atoms with E-state index in [2.05, 4.69) is 35.0 Å². The van der Waals surface area contributed by atoms with Crippen LogP contribution in [0.2, 0.25) is 0 Å². The molecule has 1 fully saturated rings. The van der Waals surface area contributed by atoms with Crippen LogP contribution in [0.1, 0.15) is 18.9 Å². The monoisotopic (exact) mass is 254 g/mol. The normalized spacial score (nSPS) is 30.1. The van der Waals surface area contributed by atoms with Crippen LogP contribution in [0.3, 0.4) is 0 Å². The van der Waals surface area contributed by atoms with Gasteiger partial charge >= 0.3 is 0 Å². The average Bonchev–Trinajstić information content (AvgIpc) is 2.91. The van der Waals surface area contributed by atoms with Gasteiger partial charge in [0, 0.05) is 5.33 Å². The van der Waals surface area contributed by atoms with E-state index in [0.29, 0.717) is 5.41 Å². The van der Waals surface area contributed by atoms with Crippen molar-refractivity contribution in [2.75, 3.05) is 12.4 Å². The Morgan fingerprint density at radius 1 is 1.43 bits per heavy atom. The van der Waals surface area contributed by atoms with Gasteiger partial charge in [-0.3, -0.25) is 0 Å². The Morgan fingerprint density at radius 3 is 2.50 bits per heavy atom. The molecule has 76 valence electrons. The van der Waals surface area contributed by atoms with Crippen molar-refractivity contribution < 1.29 is 4.74 Å². The molecule has 0 saturated heterocycles. The van der Waals surface area contributed by atoms with Crippen molar-refractivity contribution >= 4 is 15.9 Å². The molecule has 0 aliphatic heterocycles. The summed E-state index contributed by atoms with van der Waals surface area (Å²) in [5.41, 5.74) is 1.83. The van der Waals surface area contributed by atoms with Gasteiger partial charge in [0.25, 0.3) is 0 Å². The summed E-state index contributed by atoms with van der Waals surface area (Å²) >= 11 is 3.55. The summed E-state index contributed by atoms with van der Waals surface area (Å²) in [7, 11) is 1.70. The van der Waals surface area contributed by atoms with Gasteiger partial charge in [0.15, 0.2) is 0 Å². The number of hydrogen-bond donors (Lipinski definition) is 0. The average molecular weight is 255 g/mol. The standard InChI is InChI=1S/C12H15BrO/c1-12(7-10(12)8-13)9-3-5-11(14-2)6-4-9/h3-6,10H,7-8H2,1-2H3. The molecule has 0 heterocycles. The largest absolute Gasteiger partial charge is 0.497 e. The molecule has 2 rings (SSSR count). The van der Waals surface area contributed by atoms with Crippen molar-refractivity contribution in [3.63, 3.8) is 0 Å².